The zero-order valence-electron chi connectivity index (χ0n) is 11.8. The third-order valence-corrected chi connectivity index (χ3v) is 5.69. The molecule has 3 heterocycles. The Hall–Kier alpha value is -1.47. The predicted molar refractivity (Wildman–Crippen MR) is 79.9 cm³/mol. The fourth-order valence-corrected chi connectivity index (χ4v) is 4.38. The van der Waals surface area contributed by atoms with E-state index in [0.29, 0.717) is 25.7 Å². The minimum Gasteiger partial charge on any atom is -0.396 e. The number of rotatable bonds is 4. The van der Waals surface area contributed by atoms with Crippen molar-refractivity contribution >= 4 is 21.0 Å². The van der Waals surface area contributed by atoms with Crippen LogP contribution in [-0.2, 0) is 16.3 Å². The van der Waals surface area contributed by atoms with Crippen molar-refractivity contribution in [1.82, 2.24) is 14.5 Å². The van der Waals surface area contributed by atoms with Crippen molar-refractivity contribution < 1.29 is 13.5 Å². The summed E-state index contributed by atoms with van der Waals surface area (Å²) in [5.74, 6) is 1.34. The second kappa shape index (κ2) is 5.73. The van der Waals surface area contributed by atoms with E-state index in [4.69, 9.17) is 5.11 Å². The summed E-state index contributed by atoms with van der Waals surface area (Å²) in [5, 5.41) is 9.04. The highest BCUT2D eigenvalue weighted by atomic mass is 32.2. The summed E-state index contributed by atoms with van der Waals surface area (Å²) in [7, 11) is -2.88. The first-order valence-electron chi connectivity index (χ1n) is 7.24. The molecule has 1 aliphatic rings. The number of imidazole rings is 1. The first-order valence-corrected chi connectivity index (χ1v) is 9.06. The molecule has 2 aromatic heterocycles. The maximum absolute atomic E-state index is 11.6. The fourth-order valence-electron chi connectivity index (χ4n) is 2.91. The van der Waals surface area contributed by atoms with Crippen LogP contribution in [-0.4, -0.2) is 46.2 Å². The first kappa shape index (κ1) is 14.5. The van der Waals surface area contributed by atoms with Crippen LogP contribution in [0.4, 0.5) is 0 Å². The molecule has 1 N–H and O–H groups in total. The third kappa shape index (κ3) is 2.94. The zero-order chi connectivity index (χ0) is 14.9. The van der Waals surface area contributed by atoms with Gasteiger partial charge in [-0.15, -0.1) is 0 Å². The van der Waals surface area contributed by atoms with Crippen LogP contribution in [0.15, 0.2) is 18.3 Å². The Bertz CT molecular complexity index is 725. The molecule has 2 aromatic rings. The maximum atomic E-state index is 11.6. The van der Waals surface area contributed by atoms with Crippen LogP contribution in [0, 0.1) is 0 Å². The lowest BCUT2D eigenvalue weighted by Gasteiger charge is -2.25. The van der Waals surface area contributed by atoms with Crippen molar-refractivity contribution in [2.75, 3.05) is 18.1 Å². The number of aryl methyl sites for hydroxylation is 1. The second-order valence-corrected chi connectivity index (χ2v) is 7.76. The van der Waals surface area contributed by atoms with Crippen LogP contribution in [0.2, 0.25) is 0 Å². The van der Waals surface area contributed by atoms with Crippen LogP contribution in [0.5, 0.6) is 0 Å². The molecule has 21 heavy (non-hydrogen) atoms. The third-order valence-electron chi connectivity index (χ3n) is 3.97. The Labute approximate surface area is 123 Å². The summed E-state index contributed by atoms with van der Waals surface area (Å²) >= 11 is 0. The van der Waals surface area contributed by atoms with Gasteiger partial charge in [0, 0.05) is 25.3 Å². The van der Waals surface area contributed by atoms with Crippen molar-refractivity contribution in [2.45, 2.75) is 31.7 Å². The number of aliphatic hydroxyl groups is 1. The van der Waals surface area contributed by atoms with E-state index in [9.17, 15) is 8.42 Å². The van der Waals surface area contributed by atoms with Gasteiger partial charge in [0.15, 0.2) is 5.65 Å². The molecule has 0 spiro atoms. The molecule has 1 fully saturated rings. The molecule has 0 saturated carbocycles. The van der Waals surface area contributed by atoms with E-state index < -0.39 is 9.84 Å². The van der Waals surface area contributed by atoms with Gasteiger partial charge in [0.1, 0.15) is 21.2 Å². The Morgan fingerprint density at radius 3 is 2.81 bits per heavy atom. The van der Waals surface area contributed by atoms with Gasteiger partial charge < -0.3 is 9.67 Å². The fraction of sp³-hybridized carbons (Fsp3) is 0.571. The zero-order valence-corrected chi connectivity index (χ0v) is 12.6. The number of aliphatic hydroxyl groups excluding tert-OH is 1. The maximum Gasteiger partial charge on any atom is 0.160 e. The van der Waals surface area contributed by atoms with Crippen LogP contribution in [0.1, 0.15) is 31.1 Å². The largest absolute Gasteiger partial charge is 0.396 e. The molecule has 0 unspecified atom stereocenters. The number of fused-ring (bicyclic) bond motifs is 1. The Morgan fingerprint density at radius 2 is 2.10 bits per heavy atom. The summed E-state index contributed by atoms with van der Waals surface area (Å²) in [6.07, 6.45) is 4.27. The van der Waals surface area contributed by atoms with Gasteiger partial charge in [-0.1, -0.05) is 0 Å². The van der Waals surface area contributed by atoms with Gasteiger partial charge in [0.05, 0.1) is 11.5 Å². The van der Waals surface area contributed by atoms with Crippen LogP contribution in [0.3, 0.4) is 0 Å². The average Bonchev–Trinajstić information content (AvgIpc) is 2.83. The number of aromatic nitrogens is 3. The molecule has 0 aromatic carbocycles. The highest BCUT2D eigenvalue weighted by molar-refractivity contribution is 7.91. The molecule has 6 nitrogen and oxygen atoms in total. The van der Waals surface area contributed by atoms with E-state index >= 15 is 0 Å². The Morgan fingerprint density at radius 1 is 1.33 bits per heavy atom. The van der Waals surface area contributed by atoms with Gasteiger partial charge in [-0.25, -0.2) is 18.4 Å². The number of hydrogen-bond donors (Lipinski definition) is 1. The molecule has 1 aliphatic heterocycles. The highest BCUT2D eigenvalue weighted by Gasteiger charge is 2.27. The van der Waals surface area contributed by atoms with E-state index in [-0.39, 0.29) is 24.2 Å². The summed E-state index contributed by atoms with van der Waals surface area (Å²) in [5.41, 5.74) is 1.65. The molecule has 0 atom stereocenters. The van der Waals surface area contributed by atoms with Gasteiger partial charge in [-0.05, 0) is 31.4 Å². The minimum absolute atomic E-state index is 0.121. The first-order chi connectivity index (χ1) is 10.1. The number of sulfone groups is 1. The van der Waals surface area contributed by atoms with E-state index in [2.05, 4.69) is 14.5 Å². The predicted octanol–water partition coefficient (Wildman–Crippen LogP) is 1.11. The second-order valence-electron chi connectivity index (χ2n) is 5.45. The van der Waals surface area contributed by atoms with Crippen molar-refractivity contribution in [3.05, 3.63) is 24.2 Å². The number of nitrogens with zero attached hydrogens (tertiary/aromatic N) is 3. The molecule has 0 bridgehead atoms. The monoisotopic (exact) mass is 309 g/mol. The highest BCUT2D eigenvalue weighted by Crippen LogP contribution is 2.29. The summed E-state index contributed by atoms with van der Waals surface area (Å²) in [6, 6.07) is 3.89. The van der Waals surface area contributed by atoms with Gasteiger partial charge in [0.2, 0.25) is 0 Å². The van der Waals surface area contributed by atoms with E-state index in [1.165, 1.54) is 0 Å². The molecule has 1 saturated heterocycles. The molecule has 114 valence electrons. The Balaban J connectivity index is 1.99. The lowest BCUT2D eigenvalue weighted by molar-refractivity contribution is 0.286. The molecule has 7 heteroatoms. The topological polar surface area (TPSA) is 85.1 Å². The molecular formula is C14H19N3O3S. The standard InChI is InChI=1S/C14H19N3O3S/c18-8-2-4-13-16-12-3-1-7-15-14(12)17(13)11-5-9-21(19,20)10-6-11/h1,3,7,11,18H,2,4-6,8-10H2. The van der Waals surface area contributed by atoms with Crippen LogP contribution >= 0.6 is 0 Å². The normalized spacial score (nSPS) is 19.1. The molecule has 3 rings (SSSR count). The number of hydrogen-bond acceptors (Lipinski definition) is 5. The van der Waals surface area contributed by atoms with Gasteiger partial charge in [0.25, 0.3) is 0 Å². The SMILES string of the molecule is O=S1(=O)CCC(n2c(CCCO)nc3cccnc32)CC1. The Kier molecular flexibility index (Phi) is 3.95. The van der Waals surface area contributed by atoms with Gasteiger partial charge in [-0.3, -0.25) is 0 Å². The van der Waals surface area contributed by atoms with Gasteiger partial charge >= 0.3 is 0 Å². The van der Waals surface area contributed by atoms with Crippen molar-refractivity contribution in [2.24, 2.45) is 0 Å². The lowest BCUT2D eigenvalue weighted by Crippen LogP contribution is -2.26. The summed E-state index contributed by atoms with van der Waals surface area (Å²) in [6.45, 7) is 0.121. The van der Waals surface area contributed by atoms with Crippen LogP contribution < -0.4 is 0 Å². The van der Waals surface area contributed by atoms with Crippen molar-refractivity contribution in [1.29, 1.82) is 0 Å². The minimum atomic E-state index is -2.88. The number of pyridine rings is 1. The summed E-state index contributed by atoms with van der Waals surface area (Å²) in [4.78, 5) is 9.01. The molecule has 0 aliphatic carbocycles. The molecule has 0 radical (unpaired) electrons. The summed E-state index contributed by atoms with van der Waals surface area (Å²) < 4.78 is 25.3. The van der Waals surface area contributed by atoms with Crippen molar-refractivity contribution in [3.8, 4) is 0 Å². The smallest absolute Gasteiger partial charge is 0.160 e. The van der Waals surface area contributed by atoms with Crippen LogP contribution in [0.25, 0.3) is 11.2 Å². The van der Waals surface area contributed by atoms with Crippen molar-refractivity contribution in [3.63, 3.8) is 0 Å². The lowest BCUT2D eigenvalue weighted by atomic mass is 10.1. The average molecular weight is 309 g/mol. The van der Waals surface area contributed by atoms with E-state index in [1.807, 2.05) is 12.1 Å². The van der Waals surface area contributed by atoms with Gasteiger partial charge in [-0.2, -0.15) is 0 Å². The van der Waals surface area contributed by atoms with E-state index in [1.54, 1.807) is 6.20 Å². The molecular weight excluding hydrogens is 290 g/mol. The molecule has 0 amide bonds. The van der Waals surface area contributed by atoms with E-state index in [0.717, 1.165) is 17.0 Å². The quantitative estimate of drug-likeness (QED) is 0.914.